The van der Waals surface area contributed by atoms with Crippen LogP contribution in [-0.4, -0.2) is 51.3 Å². The van der Waals surface area contributed by atoms with E-state index in [2.05, 4.69) is 26.8 Å². The third-order valence-corrected chi connectivity index (χ3v) is 3.32. The van der Waals surface area contributed by atoms with Gasteiger partial charge >= 0.3 is 0 Å². The van der Waals surface area contributed by atoms with Crippen molar-refractivity contribution in [3.63, 3.8) is 0 Å². The maximum absolute atomic E-state index is 6.81. The molecule has 4 nitrogen and oxygen atoms in total. The van der Waals surface area contributed by atoms with E-state index in [-0.39, 0.29) is 0 Å². The standard InChI is InChI=1S/C14H19N3O/c1-15-6-7-16-8-10-17(11-9-16)13-4-3-5-14(12-13)18-2/h3-5,12H,6-11H2,2H3. The van der Waals surface area contributed by atoms with Gasteiger partial charge in [0.15, 0.2) is 0 Å². The summed E-state index contributed by atoms with van der Waals surface area (Å²) < 4.78 is 5.25. The van der Waals surface area contributed by atoms with E-state index in [1.807, 2.05) is 12.1 Å². The van der Waals surface area contributed by atoms with Gasteiger partial charge in [0.05, 0.1) is 13.7 Å². The van der Waals surface area contributed by atoms with Gasteiger partial charge in [-0.25, -0.2) is 6.57 Å². The fourth-order valence-electron chi connectivity index (χ4n) is 2.23. The summed E-state index contributed by atoms with van der Waals surface area (Å²) in [6, 6.07) is 8.20. The van der Waals surface area contributed by atoms with Crippen LogP contribution in [0.2, 0.25) is 0 Å². The van der Waals surface area contributed by atoms with Gasteiger partial charge in [-0.05, 0) is 12.1 Å². The quantitative estimate of drug-likeness (QED) is 0.754. The lowest BCUT2D eigenvalue weighted by atomic mass is 10.2. The average molecular weight is 245 g/mol. The average Bonchev–Trinajstić information content (AvgIpc) is 2.46. The normalized spacial score (nSPS) is 16.3. The molecule has 1 aliphatic rings. The maximum atomic E-state index is 6.81. The van der Waals surface area contributed by atoms with Crippen LogP contribution in [0, 0.1) is 6.57 Å². The van der Waals surface area contributed by atoms with Crippen molar-refractivity contribution in [1.82, 2.24) is 4.90 Å². The monoisotopic (exact) mass is 245 g/mol. The van der Waals surface area contributed by atoms with Crippen LogP contribution in [0.3, 0.4) is 0 Å². The fraction of sp³-hybridized carbons (Fsp3) is 0.500. The van der Waals surface area contributed by atoms with Gasteiger partial charge in [0.2, 0.25) is 6.54 Å². The number of piperazine rings is 1. The van der Waals surface area contributed by atoms with E-state index in [9.17, 15) is 0 Å². The second-order valence-corrected chi connectivity index (χ2v) is 4.41. The Morgan fingerprint density at radius 2 is 2.06 bits per heavy atom. The molecule has 1 saturated heterocycles. The third kappa shape index (κ3) is 3.14. The second kappa shape index (κ2) is 6.27. The zero-order valence-corrected chi connectivity index (χ0v) is 10.8. The molecule has 0 spiro atoms. The molecule has 4 heteroatoms. The highest BCUT2D eigenvalue weighted by Crippen LogP contribution is 2.21. The van der Waals surface area contributed by atoms with Crippen molar-refractivity contribution in [2.24, 2.45) is 0 Å². The van der Waals surface area contributed by atoms with Gasteiger partial charge in [0.1, 0.15) is 5.75 Å². The van der Waals surface area contributed by atoms with Gasteiger partial charge in [-0.15, -0.1) is 0 Å². The van der Waals surface area contributed by atoms with Crippen LogP contribution in [0.4, 0.5) is 5.69 Å². The second-order valence-electron chi connectivity index (χ2n) is 4.41. The molecule has 96 valence electrons. The van der Waals surface area contributed by atoms with Crippen LogP contribution in [0.15, 0.2) is 24.3 Å². The van der Waals surface area contributed by atoms with Crippen LogP contribution < -0.4 is 9.64 Å². The number of anilines is 1. The lowest BCUT2D eigenvalue weighted by Crippen LogP contribution is -2.47. The molecule has 0 radical (unpaired) electrons. The molecule has 0 N–H and O–H groups in total. The highest BCUT2D eigenvalue weighted by atomic mass is 16.5. The van der Waals surface area contributed by atoms with E-state index in [1.54, 1.807) is 7.11 Å². The van der Waals surface area contributed by atoms with Crippen molar-refractivity contribution in [2.75, 3.05) is 51.3 Å². The first kappa shape index (κ1) is 12.7. The molecule has 1 fully saturated rings. The first-order valence-corrected chi connectivity index (χ1v) is 6.28. The van der Waals surface area contributed by atoms with E-state index in [0.29, 0.717) is 6.54 Å². The number of nitrogens with zero attached hydrogens (tertiary/aromatic N) is 3. The Morgan fingerprint density at radius 3 is 2.72 bits per heavy atom. The Bertz CT molecular complexity index is 419. The van der Waals surface area contributed by atoms with Crippen molar-refractivity contribution < 1.29 is 4.74 Å². The minimum Gasteiger partial charge on any atom is -0.497 e. The number of hydrogen-bond donors (Lipinski definition) is 0. The zero-order chi connectivity index (χ0) is 12.8. The topological polar surface area (TPSA) is 20.1 Å². The number of hydrogen-bond acceptors (Lipinski definition) is 3. The van der Waals surface area contributed by atoms with Crippen LogP contribution in [0.5, 0.6) is 5.75 Å². The molecule has 18 heavy (non-hydrogen) atoms. The molecule has 1 aromatic rings. The van der Waals surface area contributed by atoms with Gasteiger partial charge in [-0.2, -0.15) is 0 Å². The lowest BCUT2D eigenvalue weighted by molar-refractivity contribution is 0.269. The molecule has 1 aromatic carbocycles. The van der Waals surface area contributed by atoms with Crippen LogP contribution in [-0.2, 0) is 0 Å². The highest BCUT2D eigenvalue weighted by Gasteiger charge is 2.17. The predicted molar refractivity (Wildman–Crippen MR) is 73.1 cm³/mol. The summed E-state index contributed by atoms with van der Waals surface area (Å²) in [5, 5.41) is 0. The van der Waals surface area contributed by atoms with E-state index in [4.69, 9.17) is 11.3 Å². The largest absolute Gasteiger partial charge is 0.497 e. The summed E-state index contributed by atoms with van der Waals surface area (Å²) in [4.78, 5) is 8.14. The first-order chi connectivity index (χ1) is 8.83. The Hall–Kier alpha value is -1.73. The molecule has 1 heterocycles. The van der Waals surface area contributed by atoms with Crippen molar-refractivity contribution >= 4 is 5.69 Å². The minimum absolute atomic E-state index is 0.610. The molecule has 2 rings (SSSR count). The van der Waals surface area contributed by atoms with Crippen LogP contribution in [0.25, 0.3) is 4.85 Å². The fourth-order valence-corrected chi connectivity index (χ4v) is 2.23. The molecule has 0 saturated carbocycles. The molecule has 0 bridgehead atoms. The Balaban J connectivity index is 1.91. The van der Waals surface area contributed by atoms with Crippen LogP contribution >= 0.6 is 0 Å². The van der Waals surface area contributed by atoms with Gasteiger partial charge in [0.25, 0.3) is 0 Å². The summed E-state index contributed by atoms with van der Waals surface area (Å²) in [6.45, 7) is 12.4. The van der Waals surface area contributed by atoms with E-state index in [0.717, 1.165) is 38.5 Å². The molecular formula is C14H19N3O. The third-order valence-electron chi connectivity index (χ3n) is 3.32. The smallest absolute Gasteiger partial charge is 0.227 e. The molecular weight excluding hydrogens is 226 g/mol. The number of ether oxygens (including phenoxy) is 1. The summed E-state index contributed by atoms with van der Waals surface area (Å²) in [5.41, 5.74) is 1.22. The Kier molecular flexibility index (Phi) is 4.43. The summed E-state index contributed by atoms with van der Waals surface area (Å²) >= 11 is 0. The van der Waals surface area contributed by atoms with Gasteiger partial charge in [-0.1, -0.05) is 6.07 Å². The highest BCUT2D eigenvalue weighted by molar-refractivity contribution is 5.51. The molecule has 1 aliphatic heterocycles. The SMILES string of the molecule is [C-]#[N+]CCN1CCN(c2cccc(OC)c2)CC1. The van der Waals surface area contributed by atoms with Gasteiger partial charge in [0, 0.05) is 37.9 Å². The van der Waals surface area contributed by atoms with Crippen LogP contribution in [0.1, 0.15) is 0 Å². The number of methoxy groups -OCH3 is 1. The predicted octanol–water partition coefficient (Wildman–Crippen LogP) is 1.74. The van der Waals surface area contributed by atoms with Gasteiger partial charge in [-0.3, -0.25) is 4.90 Å². The first-order valence-electron chi connectivity index (χ1n) is 6.28. The molecule has 0 aliphatic carbocycles. The van der Waals surface area contributed by atoms with Gasteiger partial charge < -0.3 is 14.5 Å². The number of rotatable bonds is 4. The van der Waals surface area contributed by atoms with Crippen molar-refractivity contribution in [1.29, 1.82) is 0 Å². The maximum Gasteiger partial charge on any atom is 0.227 e. The van der Waals surface area contributed by atoms with E-state index < -0.39 is 0 Å². The summed E-state index contributed by atoms with van der Waals surface area (Å²) in [7, 11) is 1.70. The molecule has 0 unspecified atom stereocenters. The summed E-state index contributed by atoms with van der Waals surface area (Å²) in [5.74, 6) is 0.905. The Morgan fingerprint density at radius 1 is 1.28 bits per heavy atom. The van der Waals surface area contributed by atoms with E-state index >= 15 is 0 Å². The molecule has 0 aromatic heterocycles. The summed E-state index contributed by atoms with van der Waals surface area (Å²) in [6.07, 6.45) is 0. The molecule has 0 atom stereocenters. The molecule has 0 amide bonds. The van der Waals surface area contributed by atoms with E-state index in [1.165, 1.54) is 5.69 Å². The Labute approximate surface area is 109 Å². The van der Waals surface area contributed by atoms with Crippen molar-refractivity contribution in [3.8, 4) is 5.75 Å². The number of benzene rings is 1. The zero-order valence-electron chi connectivity index (χ0n) is 10.8. The minimum atomic E-state index is 0.610. The van der Waals surface area contributed by atoms with Crippen molar-refractivity contribution in [2.45, 2.75) is 0 Å². The van der Waals surface area contributed by atoms with Crippen molar-refractivity contribution in [3.05, 3.63) is 35.7 Å². The lowest BCUT2D eigenvalue weighted by Gasteiger charge is -2.35.